The Morgan fingerprint density at radius 3 is 2.86 bits per heavy atom. The molecule has 2 heterocycles. The van der Waals surface area contributed by atoms with Crippen molar-refractivity contribution in [2.45, 2.75) is 19.9 Å². The zero-order valence-electron chi connectivity index (χ0n) is 12.0. The number of sulfone groups is 1. The first-order valence-electron chi connectivity index (χ1n) is 6.76. The molecular weight excluding hydrogens is 314 g/mol. The Morgan fingerprint density at radius 2 is 2.24 bits per heavy atom. The van der Waals surface area contributed by atoms with Crippen LogP contribution in [0, 0.1) is 0 Å². The summed E-state index contributed by atoms with van der Waals surface area (Å²) in [6, 6.07) is 2.94. The molecule has 1 unspecified atom stereocenters. The molecule has 116 valence electrons. The summed E-state index contributed by atoms with van der Waals surface area (Å²) in [5.74, 6) is 0.196. The summed E-state index contributed by atoms with van der Waals surface area (Å²) in [5.41, 5.74) is 0.154. The quantitative estimate of drug-likeness (QED) is 0.906. The van der Waals surface area contributed by atoms with Gasteiger partial charge in [-0.25, -0.2) is 13.4 Å². The number of hydrogen-bond donors (Lipinski definition) is 1. The maximum atomic E-state index is 12.6. The molecule has 1 aliphatic heterocycles. The fourth-order valence-electron chi connectivity index (χ4n) is 2.31. The summed E-state index contributed by atoms with van der Waals surface area (Å²) in [6.45, 7) is 4.50. The van der Waals surface area contributed by atoms with Gasteiger partial charge in [0.15, 0.2) is 9.84 Å². The Labute approximate surface area is 129 Å². The smallest absolute Gasteiger partial charge is 0.274 e. The Morgan fingerprint density at radius 1 is 1.52 bits per heavy atom. The third kappa shape index (κ3) is 3.65. The van der Waals surface area contributed by atoms with E-state index in [-0.39, 0.29) is 40.7 Å². The SMILES string of the molecule is CCNc1ccc(Cl)c(C(=O)N2CCS(=O)(=O)CC2C)n1. The number of carbonyl (C=O) groups excluding carboxylic acids is 1. The molecule has 0 aliphatic carbocycles. The normalized spacial score (nSPS) is 21.1. The molecule has 1 aromatic rings. The molecule has 1 fully saturated rings. The maximum absolute atomic E-state index is 12.6. The number of nitrogens with zero attached hydrogens (tertiary/aromatic N) is 2. The molecule has 6 nitrogen and oxygen atoms in total. The molecular formula is C13H18ClN3O3S. The predicted octanol–water partition coefficient (Wildman–Crippen LogP) is 1.43. The average Bonchev–Trinajstić information content (AvgIpc) is 2.39. The number of nitrogens with one attached hydrogen (secondary N) is 1. The number of hydrogen-bond acceptors (Lipinski definition) is 5. The number of carbonyl (C=O) groups is 1. The van der Waals surface area contributed by atoms with Crippen LogP contribution in [-0.4, -0.2) is 54.8 Å². The van der Waals surface area contributed by atoms with Gasteiger partial charge in [-0.1, -0.05) is 11.6 Å². The molecule has 0 radical (unpaired) electrons. The molecule has 8 heteroatoms. The molecule has 1 amide bonds. The van der Waals surface area contributed by atoms with Gasteiger partial charge in [0.25, 0.3) is 5.91 Å². The van der Waals surface area contributed by atoms with E-state index in [4.69, 9.17) is 11.6 Å². The van der Waals surface area contributed by atoms with E-state index in [2.05, 4.69) is 10.3 Å². The van der Waals surface area contributed by atoms with Crippen LogP contribution in [0.1, 0.15) is 24.3 Å². The lowest BCUT2D eigenvalue weighted by atomic mass is 10.2. The van der Waals surface area contributed by atoms with Crippen molar-refractivity contribution in [2.75, 3.05) is 29.9 Å². The Balaban J connectivity index is 2.26. The number of amides is 1. The van der Waals surface area contributed by atoms with Gasteiger partial charge in [0, 0.05) is 19.1 Å². The molecule has 1 saturated heterocycles. The van der Waals surface area contributed by atoms with Crippen molar-refractivity contribution >= 4 is 33.2 Å². The number of aromatic nitrogens is 1. The van der Waals surface area contributed by atoms with Crippen LogP contribution in [0.3, 0.4) is 0 Å². The summed E-state index contributed by atoms with van der Waals surface area (Å²) < 4.78 is 23.2. The third-order valence-electron chi connectivity index (χ3n) is 3.34. The van der Waals surface area contributed by atoms with Crippen molar-refractivity contribution in [1.29, 1.82) is 0 Å². The Hall–Kier alpha value is -1.34. The predicted molar refractivity (Wildman–Crippen MR) is 82.6 cm³/mol. The van der Waals surface area contributed by atoms with Crippen molar-refractivity contribution < 1.29 is 13.2 Å². The fourth-order valence-corrected chi connectivity index (χ4v) is 4.05. The average molecular weight is 332 g/mol. The number of halogens is 1. The largest absolute Gasteiger partial charge is 0.370 e. The molecule has 1 atom stereocenters. The second-order valence-corrected chi connectivity index (χ2v) is 7.66. The number of anilines is 1. The van der Waals surface area contributed by atoms with Gasteiger partial charge in [-0.15, -0.1) is 0 Å². The molecule has 1 aliphatic rings. The van der Waals surface area contributed by atoms with Crippen molar-refractivity contribution in [3.05, 3.63) is 22.8 Å². The van der Waals surface area contributed by atoms with E-state index in [1.165, 1.54) is 4.90 Å². The molecule has 0 saturated carbocycles. The minimum atomic E-state index is -3.07. The van der Waals surface area contributed by atoms with E-state index < -0.39 is 9.84 Å². The van der Waals surface area contributed by atoms with Crippen LogP contribution in [0.25, 0.3) is 0 Å². The second kappa shape index (κ2) is 6.19. The molecule has 1 aromatic heterocycles. The van der Waals surface area contributed by atoms with E-state index in [9.17, 15) is 13.2 Å². The Kier molecular flexibility index (Phi) is 4.73. The fraction of sp³-hybridized carbons (Fsp3) is 0.538. The van der Waals surface area contributed by atoms with Gasteiger partial charge >= 0.3 is 0 Å². The van der Waals surface area contributed by atoms with Crippen molar-refractivity contribution in [1.82, 2.24) is 9.88 Å². The van der Waals surface area contributed by atoms with Crippen LogP contribution >= 0.6 is 11.6 Å². The van der Waals surface area contributed by atoms with E-state index in [1.807, 2.05) is 6.92 Å². The van der Waals surface area contributed by atoms with Crippen molar-refractivity contribution in [3.63, 3.8) is 0 Å². The zero-order chi connectivity index (χ0) is 15.6. The van der Waals surface area contributed by atoms with Crippen LogP contribution in [0.2, 0.25) is 5.02 Å². The van der Waals surface area contributed by atoms with Crippen molar-refractivity contribution in [2.24, 2.45) is 0 Å². The first-order valence-corrected chi connectivity index (χ1v) is 8.96. The summed E-state index contributed by atoms with van der Waals surface area (Å²) in [5, 5.41) is 3.29. The summed E-state index contributed by atoms with van der Waals surface area (Å²) in [4.78, 5) is 18.3. The highest BCUT2D eigenvalue weighted by molar-refractivity contribution is 7.91. The molecule has 0 spiro atoms. The minimum absolute atomic E-state index is 0.0202. The van der Waals surface area contributed by atoms with E-state index in [0.717, 1.165) is 0 Å². The molecule has 1 N–H and O–H groups in total. The lowest BCUT2D eigenvalue weighted by Crippen LogP contribution is -2.50. The minimum Gasteiger partial charge on any atom is -0.370 e. The number of rotatable bonds is 3. The second-order valence-electron chi connectivity index (χ2n) is 5.02. The molecule has 0 bridgehead atoms. The first kappa shape index (κ1) is 16.0. The highest BCUT2D eigenvalue weighted by atomic mass is 35.5. The highest BCUT2D eigenvalue weighted by Crippen LogP contribution is 2.21. The van der Waals surface area contributed by atoms with Crippen molar-refractivity contribution in [3.8, 4) is 0 Å². The monoisotopic (exact) mass is 331 g/mol. The van der Waals surface area contributed by atoms with Gasteiger partial charge in [-0.2, -0.15) is 0 Å². The van der Waals surface area contributed by atoms with Gasteiger partial charge in [0.05, 0.1) is 16.5 Å². The summed E-state index contributed by atoms with van der Waals surface area (Å²) >= 11 is 6.06. The van der Waals surface area contributed by atoms with Crippen LogP contribution < -0.4 is 5.32 Å². The zero-order valence-corrected chi connectivity index (χ0v) is 13.5. The van der Waals surface area contributed by atoms with Crippen LogP contribution in [0.15, 0.2) is 12.1 Å². The van der Waals surface area contributed by atoms with E-state index in [0.29, 0.717) is 12.4 Å². The van der Waals surface area contributed by atoms with Gasteiger partial charge in [-0.05, 0) is 26.0 Å². The van der Waals surface area contributed by atoms with Crippen LogP contribution in [0.5, 0.6) is 0 Å². The van der Waals surface area contributed by atoms with Gasteiger partial charge in [0.2, 0.25) is 0 Å². The van der Waals surface area contributed by atoms with Crippen LogP contribution in [0.4, 0.5) is 5.82 Å². The highest BCUT2D eigenvalue weighted by Gasteiger charge is 2.33. The third-order valence-corrected chi connectivity index (χ3v) is 5.44. The van der Waals surface area contributed by atoms with E-state index >= 15 is 0 Å². The molecule has 21 heavy (non-hydrogen) atoms. The van der Waals surface area contributed by atoms with E-state index in [1.54, 1.807) is 19.1 Å². The number of pyridine rings is 1. The van der Waals surface area contributed by atoms with Crippen LogP contribution in [-0.2, 0) is 9.84 Å². The lowest BCUT2D eigenvalue weighted by molar-refractivity contribution is 0.0707. The molecule has 2 rings (SSSR count). The first-order chi connectivity index (χ1) is 9.84. The van der Waals surface area contributed by atoms with Gasteiger partial charge < -0.3 is 10.2 Å². The van der Waals surface area contributed by atoms with Gasteiger partial charge in [0.1, 0.15) is 11.5 Å². The molecule has 0 aromatic carbocycles. The standard InChI is InChI=1S/C13H18ClN3O3S/c1-3-15-11-5-4-10(14)12(16-11)13(18)17-6-7-21(19,20)8-9(17)2/h4-5,9H,3,6-8H2,1-2H3,(H,15,16). The maximum Gasteiger partial charge on any atom is 0.274 e. The van der Waals surface area contributed by atoms with Gasteiger partial charge in [-0.3, -0.25) is 4.79 Å². The lowest BCUT2D eigenvalue weighted by Gasteiger charge is -2.33. The summed E-state index contributed by atoms with van der Waals surface area (Å²) in [7, 11) is -3.07. The summed E-state index contributed by atoms with van der Waals surface area (Å²) in [6.07, 6.45) is 0. The Bertz CT molecular complexity index is 648. The topological polar surface area (TPSA) is 79.4 Å².